The molecule has 0 fully saturated rings. The third kappa shape index (κ3) is 5.38. The maximum Gasteiger partial charge on any atom is 0.419 e. The van der Waals surface area contributed by atoms with E-state index in [1.807, 2.05) is 0 Å². The second kappa shape index (κ2) is 7.24. The molecule has 0 aromatic carbocycles. The van der Waals surface area contributed by atoms with Crippen molar-refractivity contribution in [1.29, 1.82) is 0 Å². The number of aromatic nitrogens is 1. The summed E-state index contributed by atoms with van der Waals surface area (Å²) in [5, 5.41) is 2.53. The molecule has 9 heteroatoms. The second-order valence-corrected chi connectivity index (χ2v) is 3.13. The molecule has 1 aromatic rings. The maximum atomic E-state index is 12.5. The van der Waals surface area contributed by atoms with Crippen LogP contribution in [0.2, 0.25) is 0 Å². The van der Waals surface area contributed by atoms with Gasteiger partial charge in [-0.05, 0) is 12.1 Å². The van der Waals surface area contributed by atoms with Crippen LogP contribution in [0.25, 0.3) is 0 Å². The van der Waals surface area contributed by atoms with Crippen molar-refractivity contribution in [3.8, 4) is 0 Å². The predicted octanol–water partition coefficient (Wildman–Crippen LogP) is 1.40. The fourth-order valence-electron chi connectivity index (χ4n) is 1.13. The number of nitrogens with zero attached hydrogens (tertiary/aromatic N) is 2. The average Bonchev–Trinajstić information content (AvgIpc) is 2.23. The van der Waals surface area contributed by atoms with E-state index >= 15 is 0 Å². The second-order valence-electron chi connectivity index (χ2n) is 3.13. The number of rotatable bonds is 4. The van der Waals surface area contributed by atoms with Crippen LogP contribution in [0, 0.1) is 0 Å². The molecule has 0 spiro atoms. The van der Waals surface area contributed by atoms with Gasteiger partial charge in [-0.1, -0.05) is 0 Å². The molecule has 0 atom stereocenters. The van der Waals surface area contributed by atoms with Crippen LogP contribution in [0.1, 0.15) is 5.56 Å². The van der Waals surface area contributed by atoms with Crippen molar-refractivity contribution in [1.82, 2.24) is 4.98 Å². The van der Waals surface area contributed by atoms with Crippen molar-refractivity contribution in [3.63, 3.8) is 0 Å². The highest BCUT2D eigenvalue weighted by molar-refractivity contribution is 14.0. The molecule has 5 nitrogen and oxygen atoms in total. The van der Waals surface area contributed by atoms with Crippen molar-refractivity contribution < 1.29 is 13.2 Å². The molecule has 0 aliphatic carbocycles. The number of hydrogen-bond donors (Lipinski definition) is 3. The Morgan fingerprint density at radius 3 is 2.61 bits per heavy atom. The van der Waals surface area contributed by atoms with Gasteiger partial charge in [0, 0.05) is 12.7 Å². The number of alkyl halides is 3. The molecule has 102 valence electrons. The van der Waals surface area contributed by atoms with Gasteiger partial charge in [-0.3, -0.25) is 4.99 Å². The maximum absolute atomic E-state index is 12.5. The van der Waals surface area contributed by atoms with Gasteiger partial charge < -0.3 is 16.8 Å². The number of anilines is 1. The third-order valence-corrected chi connectivity index (χ3v) is 1.81. The van der Waals surface area contributed by atoms with Gasteiger partial charge in [-0.2, -0.15) is 13.2 Å². The Balaban J connectivity index is 0.00000289. The smallest absolute Gasteiger partial charge is 0.370 e. The van der Waals surface area contributed by atoms with E-state index in [1.54, 1.807) is 0 Å². The molecular formula is C9H13F3IN5. The molecule has 0 unspecified atom stereocenters. The summed E-state index contributed by atoms with van der Waals surface area (Å²) in [5.41, 5.74) is 9.34. The Kier molecular flexibility index (Phi) is 6.73. The summed E-state index contributed by atoms with van der Waals surface area (Å²) in [6.45, 7) is 0.341. The van der Waals surface area contributed by atoms with Crippen LogP contribution in [0.15, 0.2) is 23.3 Å². The molecule has 0 aliphatic rings. The Bertz CT molecular complexity index is 403. The quantitative estimate of drug-likeness (QED) is 0.321. The molecule has 0 amide bonds. The van der Waals surface area contributed by atoms with Crippen LogP contribution in [0.3, 0.4) is 0 Å². The van der Waals surface area contributed by atoms with E-state index in [-0.39, 0.29) is 48.8 Å². The zero-order valence-corrected chi connectivity index (χ0v) is 11.6. The van der Waals surface area contributed by atoms with Crippen molar-refractivity contribution in [2.24, 2.45) is 16.5 Å². The lowest BCUT2D eigenvalue weighted by Gasteiger charge is -2.12. The zero-order chi connectivity index (χ0) is 12.9. The number of nitrogens with two attached hydrogens (primary N) is 2. The fourth-order valence-corrected chi connectivity index (χ4v) is 1.13. The zero-order valence-electron chi connectivity index (χ0n) is 9.24. The molecule has 0 aliphatic heterocycles. The minimum Gasteiger partial charge on any atom is -0.370 e. The summed E-state index contributed by atoms with van der Waals surface area (Å²) >= 11 is 0. The Morgan fingerprint density at radius 1 is 1.39 bits per heavy atom. The highest BCUT2D eigenvalue weighted by Gasteiger charge is 2.33. The monoisotopic (exact) mass is 375 g/mol. The predicted molar refractivity (Wildman–Crippen MR) is 73.8 cm³/mol. The third-order valence-electron chi connectivity index (χ3n) is 1.81. The fraction of sp³-hybridized carbons (Fsp3) is 0.333. The normalized spacial score (nSPS) is 10.4. The molecule has 1 rings (SSSR count). The summed E-state index contributed by atoms with van der Waals surface area (Å²) < 4.78 is 37.6. The average molecular weight is 375 g/mol. The van der Waals surface area contributed by atoms with Gasteiger partial charge in [-0.25, -0.2) is 4.98 Å². The van der Waals surface area contributed by atoms with Gasteiger partial charge in [0.25, 0.3) is 0 Å². The first-order valence-electron chi connectivity index (χ1n) is 4.72. The molecule has 0 bridgehead atoms. The molecular weight excluding hydrogens is 362 g/mol. The number of pyridine rings is 1. The van der Waals surface area contributed by atoms with E-state index in [0.29, 0.717) is 0 Å². The number of nitrogens with one attached hydrogen (secondary N) is 1. The van der Waals surface area contributed by atoms with Crippen molar-refractivity contribution in [2.45, 2.75) is 6.18 Å². The van der Waals surface area contributed by atoms with Gasteiger partial charge in [0.05, 0.1) is 12.1 Å². The molecule has 1 heterocycles. The van der Waals surface area contributed by atoms with E-state index in [1.165, 1.54) is 12.3 Å². The highest BCUT2D eigenvalue weighted by Crippen LogP contribution is 2.33. The Morgan fingerprint density at radius 2 is 2.06 bits per heavy atom. The van der Waals surface area contributed by atoms with Gasteiger partial charge in [0.15, 0.2) is 5.96 Å². The summed E-state index contributed by atoms with van der Waals surface area (Å²) in [7, 11) is 0. The van der Waals surface area contributed by atoms with Crippen molar-refractivity contribution in [2.75, 3.05) is 18.4 Å². The van der Waals surface area contributed by atoms with Gasteiger partial charge in [-0.15, -0.1) is 24.0 Å². The molecule has 1 aromatic heterocycles. The number of hydrogen-bond acceptors (Lipinski definition) is 3. The summed E-state index contributed by atoms with van der Waals surface area (Å²) in [6.07, 6.45) is -3.16. The number of aliphatic imine (C=N–C) groups is 1. The van der Waals surface area contributed by atoms with Gasteiger partial charge in [0.2, 0.25) is 0 Å². The molecule has 0 radical (unpaired) electrons. The minimum atomic E-state index is -4.44. The lowest BCUT2D eigenvalue weighted by Crippen LogP contribution is -2.24. The topological polar surface area (TPSA) is 89.3 Å². The summed E-state index contributed by atoms with van der Waals surface area (Å²) in [5.74, 6) is -0.338. The van der Waals surface area contributed by atoms with E-state index in [0.717, 1.165) is 6.07 Å². The molecule has 0 saturated heterocycles. The van der Waals surface area contributed by atoms with Crippen LogP contribution in [0.5, 0.6) is 0 Å². The number of halogens is 4. The van der Waals surface area contributed by atoms with Gasteiger partial charge in [0.1, 0.15) is 5.82 Å². The van der Waals surface area contributed by atoms with Gasteiger partial charge >= 0.3 is 6.18 Å². The lowest BCUT2D eigenvalue weighted by molar-refractivity contribution is -0.137. The van der Waals surface area contributed by atoms with Crippen molar-refractivity contribution >= 4 is 35.8 Å². The van der Waals surface area contributed by atoms with Crippen LogP contribution < -0.4 is 16.8 Å². The Hall–Kier alpha value is -1.26. The largest absolute Gasteiger partial charge is 0.419 e. The van der Waals surface area contributed by atoms with E-state index < -0.39 is 11.7 Å². The van der Waals surface area contributed by atoms with Crippen LogP contribution in [-0.4, -0.2) is 24.0 Å². The Labute approximate surface area is 119 Å². The summed E-state index contributed by atoms with van der Waals surface area (Å²) in [4.78, 5) is 7.25. The molecule has 5 N–H and O–H groups in total. The molecule has 18 heavy (non-hydrogen) atoms. The highest BCUT2D eigenvalue weighted by atomic mass is 127. The minimum absolute atomic E-state index is 0. The first kappa shape index (κ1) is 16.7. The van der Waals surface area contributed by atoms with Crippen LogP contribution in [-0.2, 0) is 6.18 Å². The first-order valence-corrected chi connectivity index (χ1v) is 4.72. The van der Waals surface area contributed by atoms with Crippen LogP contribution in [0.4, 0.5) is 19.0 Å². The van der Waals surface area contributed by atoms with E-state index in [4.69, 9.17) is 11.5 Å². The number of guanidine groups is 1. The SMILES string of the molecule is I.NC(N)=NCCNc1ncccc1C(F)(F)F. The molecule has 0 saturated carbocycles. The standard InChI is InChI=1S/C9H12F3N5.HI/c10-9(11,12)6-2-1-3-15-7(6)16-4-5-17-8(13)14;/h1-3H,4-5H2,(H,15,16)(H4,13,14,17);1H. The lowest BCUT2D eigenvalue weighted by atomic mass is 10.2. The van der Waals surface area contributed by atoms with E-state index in [2.05, 4.69) is 15.3 Å². The van der Waals surface area contributed by atoms with Crippen molar-refractivity contribution in [3.05, 3.63) is 23.9 Å². The summed E-state index contributed by atoms with van der Waals surface area (Å²) in [6, 6.07) is 2.18. The first-order chi connectivity index (χ1) is 7.91. The van der Waals surface area contributed by atoms with E-state index in [9.17, 15) is 13.2 Å². The van der Waals surface area contributed by atoms with Crippen LogP contribution >= 0.6 is 24.0 Å².